The van der Waals surface area contributed by atoms with E-state index in [0.717, 1.165) is 11.1 Å². The molecule has 0 aliphatic carbocycles. The SMILES string of the molecule is Cc1cccc(C)c1/C=C/c1cccc(CCC(=O)N2CCN(C(=O)OC(C)(C)C)CC2)c1. The van der Waals surface area contributed by atoms with Crippen molar-refractivity contribution in [2.45, 2.75) is 53.1 Å². The maximum Gasteiger partial charge on any atom is 0.410 e. The molecule has 3 rings (SSSR count). The van der Waals surface area contributed by atoms with Crippen molar-refractivity contribution in [1.29, 1.82) is 0 Å². The van der Waals surface area contributed by atoms with Crippen molar-refractivity contribution in [2.24, 2.45) is 0 Å². The molecule has 0 bridgehead atoms. The second-order valence-corrected chi connectivity index (χ2v) is 9.73. The van der Waals surface area contributed by atoms with Crippen molar-refractivity contribution in [1.82, 2.24) is 9.80 Å². The van der Waals surface area contributed by atoms with Gasteiger partial charge >= 0.3 is 6.09 Å². The highest BCUT2D eigenvalue weighted by molar-refractivity contribution is 5.77. The van der Waals surface area contributed by atoms with Crippen LogP contribution in [0.5, 0.6) is 0 Å². The second kappa shape index (κ2) is 10.7. The average molecular weight is 449 g/mol. The van der Waals surface area contributed by atoms with Crippen LogP contribution in [-0.2, 0) is 16.0 Å². The number of rotatable bonds is 5. The lowest BCUT2D eigenvalue weighted by molar-refractivity contribution is -0.132. The van der Waals surface area contributed by atoms with Crippen LogP contribution in [0.1, 0.15) is 55.0 Å². The van der Waals surface area contributed by atoms with Crippen molar-refractivity contribution < 1.29 is 14.3 Å². The van der Waals surface area contributed by atoms with Crippen LogP contribution in [0.3, 0.4) is 0 Å². The van der Waals surface area contributed by atoms with Gasteiger partial charge in [-0.2, -0.15) is 0 Å². The number of benzene rings is 2. The van der Waals surface area contributed by atoms with E-state index in [1.165, 1.54) is 16.7 Å². The van der Waals surface area contributed by atoms with Gasteiger partial charge in [-0.15, -0.1) is 0 Å². The standard InChI is InChI=1S/C28H36N2O3/c1-21-8-6-9-22(2)25(21)14-12-23-10-7-11-24(20-23)13-15-26(31)29-16-18-30(19-17-29)27(32)33-28(3,4)5/h6-12,14,20H,13,15-19H2,1-5H3/b14-12+. The van der Waals surface area contributed by atoms with Gasteiger partial charge in [0, 0.05) is 32.6 Å². The van der Waals surface area contributed by atoms with E-state index in [2.05, 4.69) is 62.4 Å². The van der Waals surface area contributed by atoms with Crippen LogP contribution in [0.2, 0.25) is 0 Å². The number of nitrogens with zero attached hydrogens (tertiary/aromatic N) is 2. The Labute approximate surface area is 198 Å². The van der Waals surface area contributed by atoms with Gasteiger partial charge in [0.15, 0.2) is 0 Å². The summed E-state index contributed by atoms with van der Waals surface area (Å²) in [7, 11) is 0. The first kappa shape index (κ1) is 24.6. The first-order valence-corrected chi connectivity index (χ1v) is 11.7. The quantitative estimate of drug-likeness (QED) is 0.569. The minimum atomic E-state index is -0.507. The summed E-state index contributed by atoms with van der Waals surface area (Å²) in [4.78, 5) is 28.5. The van der Waals surface area contributed by atoms with Crippen molar-refractivity contribution in [3.63, 3.8) is 0 Å². The number of amides is 2. The number of aryl methyl sites for hydroxylation is 3. The molecule has 1 fully saturated rings. The van der Waals surface area contributed by atoms with Crippen LogP contribution >= 0.6 is 0 Å². The van der Waals surface area contributed by atoms with Crippen molar-refractivity contribution in [2.75, 3.05) is 26.2 Å². The van der Waals surface area contributed by atoms with Crippen molar-refractivity contribution in [3.8, 4) is 0 Å². The lowest BCUT2D eigenvalue weighted by Gasteiger charge is -2.35. The summed E-state index contributed by atoms with van der Waals surface area (Å²) in [6.07, 6.45) is 5.17. The third kappa shape index (κ3) is 7.21. The van der Waals surface area contributed by atoms with Crippen molar-refractivity contribution >= 4 is 24.2 Å². The molecule has 5 nitrogen and oxygen atoms in total. The average Bonchev–Trinajstić information content (AvgIpc) is 2.76. The zero-order chi connectivity index (χ0) is 24.0. The van der Waals surface area contributed by atoms with E-state index in [9.17, 15) is 9.59 Å². The van der Waals surface area contributed by atoms with Crippen LogP contribution < -0.4 is 0 Å². The van der Waals surface area contributed by atoms with Crippen LogP contribution in [0.15, 0.2) is 42.5 Å². The minimum absolute atomic E-state index is 0.135. The Hall–Kier alpha value is -3.08. The Morgan fingerprint density at radius 2 is 1.52 bits per heavy atom. The second-order valence-electron chi connectivity index (χ2n) is 9.73. The first-order chi connectivity index (χ1) is 15.6. The maximum atomic E-state index is 12.7. The fourth-order valence-electron chi connectivity index (χ4n) is 4.00. The summed E-state index contributed by atoms with van der Waals surface area (Å²) in [5.41, 5.74) is 5.56. The molecule has 33 heavy (non-hydrogen) atoms. The summed E-state index contributed by atoms with van der Waals surface area (Å²) in [5.74, 6) is 0.135. The van der Waals surface area contributed by atoms with E-state index < -0.39 is 5.60 Å². The van der Waals surface area contributed by atoms with Gasteiger partial charge in [0.1, 0.15) is 5.60 Å². The molecule has 5 heteroatoms. The molecule has 2 aromatic carbocycles. The third-order valence-electron chi connectivity index (χ3n) is 5.85. The first-order valence-electron chi connectivity index (χ1n) is 11.7. The van der Waals surface area contributed by atoms with Gasteiger partial charge in [-0.05, 0) is 68.9 Å². The number of carbonyl (C=O) groups excluding carboxylic acids is 2. The topological polar surface area (TPSA) is 49.9 Å². The molecule has 1 aliphatic heterocycles. The van der Waals surface area contributed by atoms with E-state index in [4.69, 9.17) is 4.74 Å². The third-order valence-corrected chi connectivity index (χ3v) is 5.85. The van der Waals surface area contributed by atoms with Gasteiger partial charge in [0.05, 0.1) is 0 Å². The predicted molar refractivity (Wildman–Crippen MR) is 134 cm³/mol. The Morgan fingerprint density at radius 1 is 0.909 bits per heavy atom. The lowest BCUT2D eigenvalue weighted by Crippen LogP contribution is -2.51. The number of hydrogen-bond acceptors (Lipinski definition) is 3. The molecule has 0 unspecified atom stereocenters. The van der Waals surface area contributed by atoms with E-state index in [0.29, 0.717) is 39.0 Å². The van der Waals surface area contributed by atoms with Gasteiger partial charge in [0.25, 0.3) is 0 Å². The molecule has 1 aliphatic rings. The van der Waals surface area contributed by atoms with Crippen LogP contribution in [0.4, 0.5) is 4.79 Å². The fraction of sp³-hybridized carbons (Fsp3) is 0.429. The molecular formula is C28H36N2O3. The zero-order valence-electron chi connectivity index (χ0n) is 20.6. The normalized spacial score (nSPS) is 14.6. The largest absolute Gasteiger partial charge is 0.444 e. The zero-order valence-corrected chi connectivity index (χ0v) is 20.6. The molecule has 1 heterocycles. The molecule has 0 aromatic heterocycles. The van der Waals surface area contributed by atoms with Crippen molar-refractivity contribution in [3.05, 3.63) is 70.3 Å². The van der Waals surface area contributed by atoms with Gasteiger partial charge in [0.2, 0.25) is 5.91 Å². The summed E-state index contributed by atoms with van der Waals surface area (Å²) >= 11 is 0. The molecule has 2 aromatic rings. The van der Waals surface area contributed by atoms with Gasteiger partial charge in [-0.3, -0.25) is 4.79 Å². The van der Waals surface area contributed by atoms with Gasteiger partial charge in [-0.25, -0.2) is 4.79 Å². The Kier molecular flexibility index (Phi) is 7.96. The summed E-state index contributed by atoms with van der Waals surface area (Å²) in [6, 6.07) is 14.7. The maximum absolute atomic E-state index is 12.7. The van der Waals surface area contributed by atoms with Crippen LogP contribution in [0, 0.1) is 13.8 Å². The highest BCUT2D eigenvalue weighted by Gasteiger charge is 2.27. The molecule has 0 saturated carbocycles. The van der Waals surface area contributed by atoms with Gasteiger partial charge < -0.3 is 14.5 Å². The smallest absolute Gasteiger partial charge is 0.410 e. The monoisotopic (exact) mass is 448 g/mol. The fourth-order valence-corrected chi connectivity index (χ4v) is 4.00. The molecule has 0 N–H and O–H groups in total. The van der Waals surface area contributed by atoms with E-state index >= 15 is 0 Å². The summed E-state index contributed by atoms with van der Waals surface area (Å²) < 4.78 is 5.43. The molecule has 1 saturated heterocycles. The van der Waals surface area contributed by atoms with Crippen LogP contribution in [-0.4, -0.2) is 53.6 Å². The molecule has 0 spiro atoms. The van der Waals surface area contributed by atoms with Crippen LogP contribution in [0.25, 0.3) is 12.2 Å². The highest BCUT2D eigenvalue weighted by atomic mass is 16.6. The molecular weight excluding hydrogens is 412 g/mol. The molecule has 176 valence electrons. The summed E-state index contributed by atoms with van der Waals surface area (Å²) in [5, 5.41) is 0. The van der Waals surface area contributed by atoms with E-state index in [-0.39, 0.29) is 12.0 Å². The Bertz CT molecular complexity index is 992. The molecule has 2 amide bonds. The van der Waals surface area contributed by atoms with E-state index in [1.54, 1.807) is 4.90 Å². The lowest BCUT2D eigenvalue weighted by atomic mass is 10.0. The summed E-state index contributed by atoms with van der Waals surface area (Å²) in [6.45, 7) is 12.0. The number of hydrogen-bond donors (Lipinski definition) is 0. The number of piperazine rings is 1. The molecule has 0 atom stereocenters. The Balaban J connectivity index is 1.51. The van der Waals surface area contributed by atoms with Gasteiger partial charge in [-0.1, -0.05) is 54.6 Å². The van der Waals surface area contributed by atoms with E-state index in [1.807, 2.05) is 31.7 Å². The number of carbonyl (C=O) groups is 2. The highest BCUT2D eigenvalue weighted by Crippen LogP contribution is 2.18. The minimum Gasteiger partial charge on any atom is -0.444 e. The number of ether oxygens (including phenoxy) is 1. The Morgan fingerprint density at radius 3 is 2.15 bits per heavy atom. The predicted octanol–water partition coefficient (Wildman–Crippen LogP) is 5.49. The molecule has 0 radical (unpaired) electrons.